The zero-order valence-corrected chi connectivity index (χ0v) is 9.83. The van der Waals surface area contributed by atoms with Crippen LogP contribution in [0.3, 0.4) is 0 Å². The van der Waals surface area contributed by atoms with Gasteiger partial charge in [-0.05, 0) is 19.8 Å². The number of rotatable bonds is 7. The molecule has 3 heteroatoms. The van der Waals surface area contributed by atoms with Gasteiger partial charge in [0.05, 0.1) is 12.2 Å². The minimum Gasteiger partial charge on any atom is -0.392 e. The Morgan fingerprint density at radius 3 is 1.93 bits per heavy atom. The van der Waals surface area contributed by atoms with Crippen molar-refractivity contribution < 1.29 is 10.2 Å². The van der Waals surface area contributed by atoms with Crippen molar-refractivity contribution in [3.05, 3.63) is 0 Å². The Hall–Kier alpha value is -0.120. The molecule has 0 rings (SSSR count). The van der Waals surface area contributed by atoms with Crippen LogP contribution in [0.25, 0.3) is 0 Å². The third-order valence-electron chi connectivity index (χ3n) is 2.97. The van der Waals surface area contributed by atoms with Gasteiger partial charge in [-0.15, -0.1) is 0 Å². The first-order valence-corrected chi connectivity index (χ1v) is 5.62. The number of aliphatic hydroxyl groups is 2. The molecular weight excluding hydrogens is 178 g/mol. The van der Waals surface area contributed by atoms with Crippen molar-refractivity contribution >= 4 is 0 Å². The van der Waals surface area contributed by atoms with Crippen LogP contribution in [0, 0.1) is 5.92 Å². The largest absolute Gasteiger partial charge is 0.392 e. The third-order valence-corrected chi connectivity index (χ3v) is 2.97. The lowest BCUT2D eigenvalue weighted by Gasteiger charge is -2.23. The molecule has 86 valence electrons. The van der Waals surface area contributed by atoms with E-state index in [1.54, 1.807) is 6.92 Å². The highest BCUT2D eigenvalue weighted by Crippen LogP contribution is 2.12. The summed E-state index contributed by atoms with van der Waals surface area (Å²) in [6.45, 7) is 8.43. The van der Waals surface area contributed by atoms with Gasteiger partial charge in [0.2, 0.25) is 0 Å². The third kappa shape index (κ3) is 4.94. The van der Waals surface area contributed by atoms with Gasteiger partial charge in [0.15, 0.2) is 0 Å². The summed E-state index contributed by atoms with van der Waals surface area (Å²) >= 11 is 0. The van der Waals surface area contributed by atoms with E-state index in [1.807, 2.05) is 6.92 Å². The van der Waals surface area contributed by atoms with Gasteiger partial charge in [-0.1, -0.05) is 26.7 Å². The van der Waals surface area contributed by atoms with E-state index in [9.17, 15) is 10.2 Å². The molecule has 0 aliphatic rings. The zero-order valence-electron chi connectivity index (χ0n) is 9.83. The van der Waals surface area contributed by atoms with Gasteiger partial charge < -0.3 is 15.5 Å². The average molecular weight is 203 g/mol. The molecule has 3 N–H and O–H groups in total. The predicted molar refractivity (Wildman–Crippen MR) is 59.2 cm³/mol. The van der Waals surface area contributed by atoms with Crippen LogP contribution in [0.15, 0.2) is 0 Å². The lowest BCUT2D eigenvalue weighted by atomic mass is 9.96. The Morgan fingerprint density at radius 1 is 1.07 bits per heavy atom. The first-order chi connectivity index (χ1) is 6.52. The van der Waals surface area contributed by atoms with Crippen LogP contribution in [-0.4, -0.2) is 35.0 Å². The molecule has 0 saturated heterocycles. The van der Waals surface area contributed by atoms with E-state index >= 15 is 0 Å². The minimum atomic E-state index is -0.371. The summed E-state index contributed by atoms with van der Waals surface area (Å²) in [5, 5.41) is 22.2. The maximum atomic E-state index is 9.80. The summed E-state index contributed by atoms with van der Waals surface area (Å²) in [5.74, 6) is 0.365. The molecule has 0 spiro atoms. The van der Waals surface area contributed by atoms with Crippen molar-refractivity contribution in [3.63, 3.8) is 0 Å². The second kappa shape index (κ2) is 7.21. The van der Waals surface area contributed by atoms with Gasteiger partial charge in [-0.3, -0.25) is 0 Å². The van der Waals surface area contributed by atoms with Gasteiger partial charge >= 0.3 is 0 Å². The predicted octanol–water partition coefficient (Wildman–Crippen LogP) is 1.14. The minimum absolute atomic E-state index is 0.0408. The molecule has 0 heterocycles. The van der Waals surface area contributed by atoms with Crippen LogP contribution < -0.4 is 5.32 Å². The van der Waals surface area contributed by atoms with Gasteiger partial charge in [0, 0.05) is 12.6 Å². The van der Waals surface area contributed by atoms with Crippen molar-refractivity contribution in [2.45, 2.75) is 58.8 Å². The molecule has 0 amide bonds. The highest BCUT2D eigenvalue weighted by molar-refractivity contribution is 4.73. The zero-order chi connectivity index (χ0) is 11.1. The van der Waals surface area contributed by atoms with Crippen LogP contribution in [0.1, 0.15) is 40.5 Å². The van der Waals surface area contributed by atoms with Crippen molar-refractivity contribution in [1.82, 2.24) is 5.32 Å². The lowest BCUT2D eigenvalue weighted by Crippen LogP contribution is -2.42. The Kier molecular flexibility index (Phi) is 7.15. The SMILES string of the molecule is CCC(CC)C(O)CNC(C)C(C)O. The molecule has 0 aromatic carbocycles. The van der Waals surface area contributed by atoms with Crippen LogP contribution in [0.4, 0.5) is 0 Å². The second-order valence-electron chi connectivity index (χ2n) is 4.08. The number of hydrogen-bond acceptors (Lipinski definition) is 3. The summed E-state index contributed by atoms with van der Waals surface area (Å²) in [6.07, 6.45) is 1.33. The monoisotopic (exact) mass is 203 g/mol. The van der Waals surface area contributed by atoms with Gasteiger partial charge in [-0.25, -0.2) is 0 Å². The fraction of sp³-hybridized carbons (Fsp3) is 1.00. The first-order valence-electron chi connectivity index (χ1n) is 5.62. The van der Waals surface area contributed by atoms with E-state index in [-0.39, 0.29) is 18.2 Å². The molecule has 3 atom stereocenters. The van der Waals surface area contributed by atoms with E-state index in [2.05, 4.69) is 19.2 Å². The highest BCUT2D eigenvalue weighted by Gasteiger charge is 2.16. The topological polar surface area (TPSA) is 52.5 Å². The normalized spacial score (nSPS) is 18.2. The molecule has 0 aromatic heterocycles. The van der Waals surface area contributed by atoms with E-state index < -0.39 is 0 Å². The molecule has 0 bridgehead atoms. The summed E-state index contributed by atoms with van der Waals surface area (Å²) in [6, 6.07) is 0.0408. The van der Waals surface area contributed by atoms with Gasteiger partial charge in [0.1, 0.15) is 0 Å². The van der Waals surface area contributed by atoms with Crippen LogP contribution >= 0.6 is 0 Å². The molecule has 3 nitrogen and oxygen atoms in total. The van der Waals surface area contributed by atoms with Crippen molar-refractivity contribution in [2.75, 3.05) is 6.54 Å². The maximum Gasteiger partial charge on any atom is 0.0692 e. The molecule has 0 radical (unpaired) electrons. The molecule has 0 aliphatic carbocycles. The summed E-state index contributed by atoms with van der Waals surface area (Å²) in [5.41, 5.74) is 0. The van der Waals surface area contributed by atoms with E-state index in [4.69, 9.17) is 0 Å². The average Bonchev–Trinajstić information content (AvgIpc) is 2.15. The summed E-state index contributed by atoms with van der Waals surface area (Å²) < 4.78 is 0. The van der Waals surface area contributed by atoms with E-state index in [0.717, 1.165) is 12.8 Å². The van der Waals surface area contributed by atoms with Crippen LogP contribution in [-0.2, 0) is 0 Å². The molecule has 0 aromatic rings. The van der Waals surface area contributed by atoms with Gasteiger partial charge in [0.25, 0.3) is 0 Å². The van der Waals surface area contributed by atoms with Crippen LogP contribution in [0.5, 0.6) is 0 Å². The van der Waals surface area contributed by atoms with Crippen molar-refractivity contribution in [1.29, 1.82) is 0 Å². The fourth-order valence-corrected chi connectivity index (χ4v) is 1.48. The maximum absolute atomic E-state index is 9.80. The molecule has 0 saturated carbocycles. The van der Waals surface area contributed by atoms with Crippen molar-refractivity contribution in [2.24, 2.45) is 5.92 Å². The fourth-order valence-electron chi connectivity index (χ4n) is 1.48. The quantitative estimate of drug-likeness (QED) is 0.581. The second-order valence-corrected chi connectivity index (χ2v) is 4.08. The number of hydrogen-bond donors (Lipinski definition) is 3. The number of nitrogens with one attached hydrogen (secondary N) is 1. The molecule has 3 unspecified atom stereocenters. The van der Waals surface area contributed by atoms with E-state index in [1.165, 1.54) is 0 Å². The summed E-state index contributed by atoms with van der Waals surface area (Å²) in [4.78, 5) is 0. The molecule has 0 fully saturated rings. The summed E-state index contributed by atoms with van der Waals surface area (Å²) in [7, 11) is 0. The Balaban J connectivity index is 3.77. The molecule has 0 aliphatic heterocycles. The molecule has 14 heavy (non-hydrogen) atoms. The Bertz CT molecular complexity index is 135. The lowest BCUT2D eigenvalue weighted by molar-refractivity contribution is 0.0864. The Morgan fingerprint density at radius 2 is 1.57 bits per heavy atom. The Labute approximate surface area is 87.5 Å². The molecular formula is C11H25NO2. The standard InChI is InChI=1S/C11H25NO2/c1-5-10(6-2)11(14)7-12-8(3)9(4)13/h8-14H,5-7H2,1-4H3. The van der Waals surface area contributed by atoms with Crippen molar-refractivity contribution in [3.8, 4) is 0 Å². The first kappa shape index (κ1) is 13.9. The smallest absolute Gasteiger partial charge is 0.0692 e. The highest BCUT2D eigenvalue weighted by atomic mass is 16.3. The van der Waals surface area contributed by atoms with E-state index in [0.29, 0.717) is 12.5 Å². The number of aliphatic hydroxyl groups excluding tert-OH is 2. The van der Waals surface area contributed by atoms with Gasteiger partial charge in [-0.2, -0.15) is 0 Å². The van der Waals surface area contributed by atoms with Crippen LogP contribution in [0.2, 0.25) is 0 Å².